The summed E-state index contributed by atoms with van der Waals surface area (Å²) in [5.74, 6) is 0.0732. The molecule has 29 heavy (non-hydrogen) atoms. The van der Waals surface area contributed by atoms with E-state index in [0.717, 1.165) is 11.1 Å². The van der Waals surface area contributed by atoms with Gasteiger partial charge in [0.1, 0.15) is 5.75 Å². The van der Waals surface area contributed by atoms with Crippen LogP contribution in [0.1, 0.15) is 37.5 Å². The lowest BCUT2D eigenvalue weighted by Crippen LogP contribution is -2.39. The topological polar surface area (TPSA) is 64.6 Å². The predicted octanol–water partition coefficient (Wildman–Crippen LogP) is 4.09. The van der Waals surface area contributed by atoms with Crippen LogP contribution in [-0.2, 0) is 20.7 Å². The summed E-state index contributed by atoms with van der Waals surface area (Å²) in [5.41, 5.74) is 2.20. The van der Waals surface area contributed by atoms with Crippen LogP contribution in [0.25, 0.3) is 6.08 Å². The van der Waals surface area contributed by atoms with Gasteiger partial charge in [0, 0.05) is 12.6 Å². The molecule has 2 aromatic carbocycles. The maximum atomic E-state index is 11.9. The van der Waals surface area contributed by atoms with E-state index in [2.05, 4.69) is 5.32 Å². The summed E-state index contributed by atoms with van der Waals surface area (Å²) >= 11 is 0. The van der Waals surface area contributed by atoms with Crippen molar-refractivity contribution in [3.8, 4) is 5.75 Å². The lowest BCUT2D eigenvalue weighted by molar-refractivity contribution is -0.158. The molecule has 0 unspecified atom stereocenters. The van der Waals surface area contributed by atoms with E-state index in [-0.39, 0.29) is 5.91 Å². The van der Waals surface area contributed by atoms with E-state index in [1.807, 2.05) is 55.5 Å². The Morgan fingerprint density at radius 3 is 2.31 bits per heavy atom. The highest BCUT2D eigenvalue weighted by Crippen LogP contribution is 2.20. The smallest absolute Gasteiger partial charge is 0.349 e. The van der Waals surface area contributed by atoms with Crippen molar-refractivity contribution in [3.05, 3.63) is 71.3 Å². The van der Waals surface area contributed by atoms with Gasteiger partial charge in [0.15, 0.2) is 5.60 Å². The third-order valence-corrected chi connectivity index (χ3v) is 4.28. The first-order valence-electron chi connectivity index (χ1n) is 9.78. The van der Waals surface area contributed by atoms with Gasteiger partial charge in [0.05, 0.1) is 6.61 Å². The Bertz CT molecular complexity index is 836. The van der Waals surface area contributed by atoms with Crippen LogP contribution in [-0.4, -0.2) is 30.6 Å². The van der Waals surface area contributed by atoms with Crippen LogP contribution >= 0.6 is 0 Å². The van der Waals surface area contributed by atoms with Crippen LogP contribution in [0.15, 0.2) is 54.6 Å². The number of hydrogen-bond acceptors (Lipinski definition) is 4. The lowest BCUT2D eigenvalue weighted by atomic mass is 10.1. The molecule has 154 valence electrons. The number of hydrogen-bond donors (Lipinski definition) is 1. The highest BCUT2D eigenvalue weighted by Gasteiger charge is 2.31. The molecule has 5 nitrogen and oxygen atoms in total. The fourth-order valence-corrected chi connectivity index (χ4v) is 2.60. The van der Waals surface area contributed by atoms with Gasteiger partial charge >= 0.3 is 5.97 Å². The lowest BCUT2D eigenvalue weighted by Gasteiger charge is -2.24. The number of nitrogens with one attached hydrogen (secondary N) is 1. The number of amides is 1. The fourth-order valence-electron chi connectivity index (χ4n) is 2.60. The summed E-state index contributed by atoms with van der Waals surface area (Å²) in [6.07, 6.45) is 4.04. The first kappa shape index (κ1) is 22.2. The van der Waals surface area contributed by atoms with Crippen molar-refractivity contribution in [2.75, 3.05) is 13.2 Å². The van der Waals surface area contributed by atoms with Crippen LogP contribution < -0.4 is 10.1 Å². The molecule has 0 fully saturated rings. The van der Waals surface area contributed by atoms with Crippen molar-refractivity contribution < 1.29 is 19.1 Å². The average molecular weight is 395 g/mol. The van der Waals surface area contributed by atoms with Crippen LogP contribution in [0.3, 0.4) is 0 Å². The quantitative estimate of drug-likeness (QED) is 0.513. The van der Waals surface area contributed by atoms with Gasteiger partial charge in [-0.1, -0.05) is 42.0 Å². The Morgan fingerprint density at radius 1 is 1.03 bits per heavy atom. The second kappa shape index (κ2) is 10.5. The van der Waals surface area contributed by atoms with Crippen molar-refractivity contribution in [2.45, 2.75) is 39.7 Å². The van der Waals surface area contributed by atoms with E-state index in [1.165, 1.54) is 5.56 Å². The Labute approximate surface area is 172 Å². The molecule has 0 radical (unpaired) electrons. The maximum absolute atomic E-state index is 11.9. The molecule has 5 heteroatoms. The molecule has 0 saturated carbocycles. The molecule has 0 aliphatic carbocycles. The zero-order valence-corrected chi connectivity index (χ0v) is 17.5. The average Bonchev–Trinajstić information content (AvgIpc) is 2.69. The minimum absolute atomic E-state index is 0.123. The van der Waals surface area contributed by atoms with Gasteiger partial charge < -0.3 is 14.8 Å². The van der Waals surface area contributed by atoms with Gasteiger partial charge in [0.2, 0.25) is 5.91 Å². The van der Waals surface area contributed by atoms with Crippen molar-refractivity contribution in [1.29, 1.82) is 0 Å². The number of carbonyl (C=O) groups excluding carboxylic acids is 2. The molecule has 1 N–H and O–H groups in total. The fraction of sp³-hybridized carbons (Fsp3) is 0.333. The van der Waals surface area contributed by atoms with Crippen molar-refractivity contribution in [1.82, 2.24) is 5.32 Å². The zero-order chi connectivity index (χ0) is 21.3. The minimum atomic E-state index is -1.05. The molecule has 0 heterocycles. The monoisotopic (exact) mass is 395 g/mol. The van der Waals surface area contributed by atoms with Gasteiger partial charge in [-0.15, -0.1) is 0 Å². The molecule has 0 bridgehead atoms. The Morgan fingerprint density at radius 2 is 1.69 bits per heavy atom. The van der Waals surface area contributed by atoms with Gasteiger partial charge in [-0.05, 0) is 63.5 Å². The van der Waals surface area contributed by atoms with Crippen molar-refractivity contribution >= 4 is 18.0 Å². The molecule has 0 spiro atoms. The van der Waals surface area contributed by atoms with E-state index in [4.69, 9.17) is 9.47 Å². The van der Waals surface area contributed by atoms with Gasteiger partial charge in [-0.3, -0.25) is 4.79 Å². The molecule has 0 saturated heterocycles. The molecule has 1 amide bonds. The number of rotatable bonds is 9. The number of aryl methyl sites for hydroxylation is 1. The number of ether oxygens (including phenoxy) is 2. The highest BCUT2D eigenvalue weighted by atomic mass is 16.6. The molecule has 0 aromatic heterocycles. The Balaban J connectivity index is 1.79. The molecule has 0 aliphatic heterocycles. The minimum Gasteiger partial charge on any atom is -0.476 e. The molecule has 0 atom stereocenters. The van der Waals surface area contributed by atoms with Crippen LogP contribution in [0.2, 0.25) is 0 Å². The van der Waals surface area contributed by atoms with Crippen LogP contribution in [0.4, 0.5) is 0 Å². The predicted molar refractivity (Wildman–Crippen MR) is 115 cm³/mol. The number of benzene rings is 2. The summed E-state index contributed by atoms with van der Waals surface area (Å²) in [6.45, 7) is 8.00. The molecule has 0 aliphatic rings. The summed E-state index contributed by atoms with van der Waals surface area (Å²) < 4.78 is 10.8. The van der Waals surface area contributed by atoms with E-state index < -0.39 is 11.6 Å². The molecule has 2 aromatic rings. The Kier molecular flexibility index (Phi) is 8.01. The number of carbonyl (C=O) groups is 2. The zero-order valence-electron chi connectivity index (χ0n) is 17.5. The summed E-state index contributed by atoms with van der Waals surface area (Å²) in [6, 6.07) is 15.5. The second-order valence-corrected chi connectivity index (χ2v) is 7.26. The van der Waals surface area contributed by atoms with E-state index in [9.17, 15) is 9.59 Å². The summed E-state index contributed by atoms with van der Waals surface area (Å²) in [7, 11) is 0. The standard InChI is InChI=1S/C24H29NO4/c1-5-28-23(27)24(3,4)29-21-13-10-20(11-14-21)16-17-25-22(26)15-12-19-8-6-18(2)7-9-19/h6-15H,5,16-17H2,1-4H3,(H,25,26). The first-order valence-corrected chi connectivity index (χ1v) is 9.78. The summed E-state index contributed by atoms with van der Waals surface area (Å²) in [4.78, 5) is 23.8. The van der Waals surface area contributed by atoms with Crippen molar-refractivity contribution in [2.24, 2.45) is 0 Å². The molecule has 2 rings (SSSR count). The maximum Gasteiger partial charge on any atom is 0.349 e. The first-order chi connectivity index (χ1) is 13.8. The van der Waals surface area contributed by atoms with Gasteiger partial charge in [0.25, 0.3) is 0 Å². The van der Waals surface area contributed by atoms with Gasteiger partial charge in [-0.2, -0.15) is 0 Å². The van der Waals surface area contributed by atoms with Gasteiger partial charge in [-0.25, -0.2) is 4.79 Å². The molecular weight excluding hydrogens is 366 g/mol. The normalized spacial score (nSPS) is 11.3. The van der Waals surface area contributed by atoms with Crippen molar-refractivity contribution in [3.63, 3.8) is 0 Å². The highest BCUT2D eigenvalue weighted by molar-refractivity contribution is 5.91. The third-order valence-electron chi connectivity index (χ3n) is 4.28. The van der Waals surface area contributed by atoms with Crippen LogP contribution in [0, 0.1) is 6.92 Å². The molecular formula is C24H29NO4. The number of esters is 1. The van der Waals surface area contributed by atoms with Crippen LogP contribution in [0.5, 0.6) is 5.75 Å². The Hall–Kier alpha value is -3.08. The SMILES string of the molecule is CCOC(=O)C(C)(C)Oc1ccc(CCNC(=O)C=Cc2ccc(C)cc2)cc1. The summed E-state index contributed by atoms with van der Waals surface area (Å²) in [5, 5.41) is 2.88. The second-order valence-electron chi connectivity index (χ2n) is 7.26. The van der Waals surface area contributed by atoms with E-state index in [0.29, 0.717) is 25.3 Å². The largest absolute Gasteiger partial charge is 0.476 e. The third kappa shape index (κ3) is 7.45. The van der Waals surface area contributed by atoms with E-state index in [1.54, 1.807) is 32.9 Å². The van der Waals surface area contributed by atoms with E-state index >= 15 is 0 Å².